The molecule has 5 aromatic carbocycles. The number of carbonyl (C=O) groups excluding carboxylic acids is 1. The third-order valence-electron chi connectivity index (χ3n) is 11.5. The van der Waals surface area contributed by atoms with Crippen LogP contribution in [0.1, 0.15) is 131 Å². The summed E-state index contributed by atoms with van der Waals surface area (Å²) in [5.41, 5.74) is 10.6. The molecule has 5 aromatic rings. The first-order chi connectivity index (χ1) is 31.8. The van der Waals surface area contributed by atoms with Crippen molar-refractivity contribution in [3.63, 3.8) is 0 Å². The van der Waals surface area contributed by atoms with Crippen LogP contribution in [0, 0.1) is 11.8 Å². The summed E-state index contributed by atoms with van der Waals surface area (Å²) in [4.78, 5) is 13.3. The molecular weight excluding hydrogens is 924 g/mol. The number of ketones is 1. The van der Waals surface area contributed by atoms with Crippen molar-refractivity contribution in [3.05, 3.63) is 186 Å². The molecule has 0 bridgehead atoms. The molecule has 0 heterocycles. The van der Waals surface area contributed by atoms with E-state index in [0.29, 0.717) is 53.0 Å². The summed E-state index contributed by atoms with van der Waals surface area (Å²) >= 11 is 2.48. The zero-order valence-electron chi connectivity index (χ0n) is 41.0. The molecule has 348 valence electrons. The van der Waals surface area contributed by atoms with E-state index in [1.807, 2.05) is 77.1 Å². The van der Waals surface area contributed by atoms with Crippen molar-refractivity contribution in [2.24, 2.45) is 11.8 Å². The Morgan fingerprint density at radius 3 is 1.71 bits per heavy atom. The van der Waals surface area contributed by atoms with Gasteiger partial charge in [-0.05, 0) is 129 Å². The number of Topliss-reactive ketones (excluding diaryl/α,β-unsaturated/α-hetero) is 1. The minimum absolute atomic E-state index is 0.00555. The number of hydrogen-bond acceptors (Lipinski definition) is 4. The molecule has 1 aliphatic rings. The van der Waals surface area contributed by atoms with Crippen LogP contribution in [-0.2, 0) is 20.6 Å². The third-order valence-corrected chi connectivity index (χ3v) is 12.1. The summed E-state index contributed by atoms with van der Waals surface area (Å²) < 4.78 is 18.8. The van der Waals surface area contributed by atoms with Crippen molar-refractivity contribution in [2.75, 3.05) is 19.8 Å². The number of ether oxygens (including phenoxy) is 3. The zero-order chi connectivity index (χ0) is 48.3. The van der Waals surface area contributed by atoms with E-state index in [9.17, 15) is 4.79 Å². The van der Waals surface area contributed by atoms with Crippen molar-refractivity contribution in [2.45, 2.75) is 97.8 Å². The van der Waals surface area contributed by atoms with Crippen LogP contribution in [0.5, 0.6) is 0 Å². The van der Waals surface area contributed by atoms with Gasteiger partial charge in [0, 0.05) is 32.6 Å². The molecule has 0 radical (unpaired) electrons. The number of hydrogen-bond donors (Lipinski definition) is 0. The number of allylic oxidation sites excluding steroid dienone is 5. The number of benzene rings is 5. The van der Waals surface area contributed by atoms with Crippen molar-refractivity contribution in [1.82, 2.24) is 0 Å². The van der Waals surface area contributed by atoms with E-state index in [2.05, 4.69) is 143 Å². The fraction of sp³-hybridized carbons (Fsp3) is 0.328. The summed E-state index contributed by atoms with van der Waals surface area (Å²) in [7, 11) is 0. The van der Waals surface area contributed by atoms with Gasteiger partial charge in [-0.1, -0.05) is 190 Å². The summed E-state index contributed by atoms with van der Waals surface area (Å²) in [6, 6.07) is 31.1. The Morgan fingerprint density at radius 2 is 1.09 bits per heavy atom. The van der Waals surface area contributed by atoms with E-state index in [1.165, 1.54) is 22.3 Å². The second-order valence-corrected chi connectivity index (χ2v) is 19.1. The molecule has 5 heteroatoms. The molecule has 0 aromatic heterocycles. The van der Waals surface area contributed by atoms with Gasteiger partial charge in [-0.25, -0.2) is 0 Å². The highest BCUT2D eigenvalue weighted by Crippen LogP contribution is 2.31. The largest absolute Gasteiger partial charge is 0.494 e. The van der Waals surface area contributed by atoms with Crippen LogP contribution in [0.15, 0.2) is 147 Å². The van der Waals surface area contributed by atoms with E-state index < -0.39 is 0 Å². The number of alkyl halides is 1. The molecule has 66 heavy (non-hydrogen) atoms. The fourth-order valence-corrected chi connectivity index (χ4v) is 7.95. The van der Waals surface area contributed by atoms with Gasteiger partial charge in [-0.2, -0.15) is 0 Å². The van der Waals surface area contributed by atoms with Gasteiger partial charge < -0.3 is 14.2 Å². The molecule has 0 N–H and O–H groups in total. The van der Waals surface area contributed by atoms with Gasteiger partial charge in [-0.15, -0.1) is 0 Å². The maximum Gasteiger partial charge on any atom is 0.163 e. The van der Waals surface area contributed by atoms with E-state index >= 15 is 0 Å². The molecule has 0 saturated heterocycles. The highest BCUT2D eigenvalue weighted by Gasteiger charge is 2.16. The molecular formula is C61H73IO4. The van der Waals surface area contributed by atoms with Gasteiger partial charge in [0.15, 0.2) is 5.78 Å². The van der Waals surface area contributed by atoms with E-state index in [4.69, 9.17) is 14.2 Å². The average Bonchev–Trinajstić information content (AvgIpc) is 3.56. The molecule has 1 aliphatic carbocycles. The lowest BCUT2D eigenvalue weighted by atomic mass is 9.94. The van der Waals surface area contributed by atoms with Crippen LogP contribution < -0.4 is 0 Å². The van der Waals surface area contributed by atoms with Crippen molar-refractivity contribution in [3.8, 4) is 0 Å². The van der Waals surface area contributed by atoms with Crippen LogP contribution in [0.25, 0.3) is 50.5 Å². The number of carbonyl (C=O) groups is 1. The van der Waals surface area contributed by atoms with E-state index in [-0.39, 0.29) is 17.6 Å². The highest BCUT2D eigenvalue weighted by atomic mass is 127. The SMILES string of the molecule is C=C(CCC(C)I)C1=CCc2ccc(C(=C)OCC(C)CC(=C)c3ccc4cc(C(=C)OCC(C)CC(=O)c5ccc6ccc(C(=C)OCCC)cc6c5)ccc4c3)cc2C=C1.CC.CC. The minimum Gasteiger partial charge on any atom is -0.494 e. The topological polar surface area (TPSA) is 44.8 Å². The lowest BCUT2D eigenvalue weighted by molar-refractivity contribution is 0.0943. The van der Waals surface area contributed by atoms with Gasteiger partial charge in [0.2, 0.25) is 0 Å². The Morgan fingerprint density at radius 1 is 0.591 bits per heavy atom. The van der Waals surface area contributed by atoms with Crippen LogP contribution in [0.3, 0.4) is 0 Å². The molecule has 4 nitrogen and oxygen atoms in total. The monoisotopic (exact) mass is 996 g/mol. The smallest absolute Gasteiger partial charge is 0.163 e. The Bertz CT molecular complexity index is 2570. The predicted molar refractivity (Wildman–Crippen MR) is 296 cm³/mol. The molecule has 0 spiro atoms. The predicted octanol–water partition coefficient (Wildman–Crippen LogP) is 17.7. The molecule has 0 fully saturated rings. The summed E-state index contributed by atoms with van der Waals surface area (Å²) in [6.07, 6.45) is 11.8. The average molecular weight is 997 g/mol. The lowest BCUT2D eigenvalue weighted by Crippen LogP contribution is -2.11. The first kappa shape index (κ1) is 53.2. The van der Waals surface area contributed by atoms with E-state index in [1.54, 1.807) is 0 Å². The first-order valence-electron chi connectivity index (χ1n) is 23.9. The van der Waals surface area contributed by atoms with Crippen molar-refractivity contribution < 1.29 is 19.0 Å². The maximum atomic E-state index is 13.3. The molecule has 0 aliphatic heterocycles. The van der Waals surface area contributed by atoms with Gasteiger partial charge >= 0.3 is 0 Å². The number of fused-ring (bicyclic) bond motifs is 3. The van der Waals surface area contributed by atoms with Crippen LogP contribution in [0.2, 0.25) is 0 Å². The molecule has 3 atom stereocenters. The molecule has 0 amide bonds. The third kappa shape index (κ3) is 15.3. The van der Waals surface area contributed by atoms with Gasteiger partial charge in [0.05, 0.1) is 19.8 Å². The van der Waals surface area contributed by atoms with Crippen LogP contribution in [0.4, 0.5) is 0 Å². The van der Waals surface area contributed by atoms with E-state index in [0.717, 1.165) is 81.5 Å². The van der Waals surface area contributed by atoms with Crippen molar-refractivity contribution >= 4 is 78.8 Å². The summed E-state index contributed by atoms with van der Waals surface area (Å²) in [6.45, 7) is 39.5. The van der Waals surface area contributed by atoms with Gasteiger partial charge in [-0.3, -0.25) is 4.79 Å². The standard InChI is InChI=1S/C57H61IO4.2C2H6/c1-10-27-60-42(7)51-21-17-47-18-26-55(34-56(47)33-51)57(59)29-38(3)36-62-44(9)50-22-25-53-30-48(19-24-54(53)32-50)40(5)28-37(2)35-61-43(8)49-20-16-46-15-13-45(14-23-52(46)31-49)39(4)11-12-41(6)58;2*1-2/h13-14,16-26,30-34,37-38,41H,4-5,7-12,15,27-29,35-36H2,1-3,6H3;2*1-2H3. The number of halogens is 1. The molecule has 0 saturated carbocycles. The van der Waals surface area contributed by atoms with Crippen LogP contribution in [-0.4, -0.2) is 29.5 Å². The molecule has 6 rings (SSSR count). The van der Waals surface area contributed by atoms with Crippen molar-refractivity contribution in [1.29, 1.82) is 0 Å². The minimum atomic E-state index is 0.00555. The fourth-order valence-electron chi connectivity index (χ4n) is 7.64. The Hall–Kier alpha value is -5.40. The van der Waals surface area contributed by atoms with Gasteiger partial charge in [0.25, 0.3) is 0 Å². The quantitative estimate of drug-likeness (QED) is 0.0300. The Balaban J connectivity index is 0.00000232. The Kier molecular flexibility index (Phi) is 21.5. The number of rotatable bonds is 22. The Labute approximate surface area is 411 Å². The lowest BCUT2D eigenvalue weighted by Gasteiger charge is -2.17. The second kappa shape index (κ2) is 26.7. The van der Waals surface area contributed by atoms with Crippen LogP contribution >= 0.6 is 22.6 Å². The second-order valence-electron chi connectivity index (χ2n) is 17.0. The maximum absolute atomic E-state index is 13.3. The van der Waals surface area contributed by atoms with Gasteiger partial charge in [0.1, 0.15) is 17.3 Å². The highest BCUT2D eigenvalue weighted by molar-refractivity contribution is 14.1. The normalized spacial score (nSPS) is 13.0. The summed E-state index contributed by atoms with van der Waals surface area (Å²) in [5.74, 6) is 2.25. The molecule has 3 unspecified atom stereocenters. The zero-order valence-corrected chi connectivity index (χ0v) is 43.2. The first-order valence-corrected chi connectivity index (χ1v) is 25.1. The summed E-state index contributed by atoms with van der Waals surface area (Å²) in [5, 5.41) is 4.27.